The first kappa shape index (κ1) is 12.9. The lowest BCUT2D eigenvalue weighted by Gasteiger charge is -2.07. The van der Waals surface area contributed by atoms with Gasteiger partial charge in [-0.15, -0.1) is 0 Å². The van der Waals surface area contributed by atoms with E-state index in [-0.39, 0.29) is 17.3 Å². The van der Waals surface area contributed by atoms with Crippen LogP contribution in [0.5, 0.6) is 0 Å². The fourth-order valence-corrected chi connectivity index (χ4v) is 0.845. The van der Waals surface area contributed by atoms with E-state index in [2.05, 4.69) is 6.58 Å². The van der Waals surface area contributed by atoms with E-state index < -0.39 is 5.97 Å². The Kier molecular flexibility index (Phi) is 5.84. The molecule has 0 saturated heterocycles. The molecule has 0 bridgehead atoms. The predicted octanol–water partition coefficient (Wildman–Crippen LogP) is 2.11. The number of rotatable bonds is 6. The van der Waals surface area contributed by atoms with Gasteiger partial charge in [0.1, 0.15) is 0 Å². The van der Waals surface area contributed by atoms with Gasteiger partial charge in [-0.2, -0.15) is 0 Å². The van der Waals surface area contributed by atoms with Gasteiger partial charge in [0.05, 0.1) is 12.2 Å². The molecule has 0 radical (unpaired) electrons. The predicted molar refractivity (Wildman–Crippen MR) is 54.9 cm³/mol. The molecule has 0 spiro atoms. The lowest BCUT2D eigenvalue weighted by atomic mass is 10.0. The first-order chi connectivity index (χ1) is 6.50. The summed E-state index contributed by atoms with van der Waals surface area (Å²) in [7, 11) is 0. The molecule has 80 valence electrons. The Bertz CT molecular complexity index is 229. The van der Waals surface area contributed by atoms with Gasteiger partial charge < -0.3 is 4.74 Å². The quantitative estimate of drug-likeness (QED) is 0.216. The van der Waals surface area contributed by atoms with E-state index in [4.69, 9.17) is 4.74 Å². The summed E-state index contributed by atoms with van der Waals surface area (Å²) < 4.78 is 4.86. The maximum absolute atomic E-state index is 11.3. The number of carbonyl (C=O) groups is 2. The van der Waals surface area contributed by atoms with Crippen molar-refractivity contribution in [2.75, 3.05) is 6.61 Å². The fourth-order valence-electron chi connectivity index (χ4n) is 0.845. The zero-order chi connectivity index (χ0) is 11.1. The topological polar surface area (TPSA) is 43.4 Å². The Labute approximate surface area is 85.1 Å². The van der Waals surface area contributed by atoms with Crippen molar-refractivity contribution >= 4 is 11.8 Å². The third-order valence-corrected chi connectivity index (χ3v) is 1.80. The van der Waals surface area contributed by atoms with E-state index in [1.807, 2.05) is 6.92 Å². The van der Waals surface area contributed by atoms with Crippen LogP contribution in [-0.2, 0) is 14.3 Å². The summed E-state index contributed by atoms with van der Waals surface area (Å²) >= 11 is 0. The average Bonchev–Trinajstić information content (AvgIpc) is 2.15. The molecule has 0 aromatic rings. The van der Waals surface area contributed by atoms with Crippen LogP contribution in [0.2, 0.25) is 0 Å². The summed E-state index contributed by atoms with van der Waals surface area (Å²) in [6.45, 7) is 9.25. The highest BCUT2D eigenvalue weighted by molar-refractivity contribution is 6.17. The number of esters is 1. The molecule has 0 heterocycles. The summed E-state index contributed by atoms with van der Waals surface area (Å²) in [5.74, 6) is -1.04. The third-order valence-electron chi connectivity index (χ3n) is 1.80. The molecule has 0 amide bonds. The number of Topliss-reactive ketones (excluding diaryl/α,β-unsaturated/α-hetero) is 1. The Morgan fingerprint density at radius 1 is 1.36 bits per heavy atom. The van der Waals surface area contributed by atoms with E-state index in [1.165, 1.54) is 0 Å². The van der Waals surface area contributed by atoms with E-state index in [0.29, 0.717) is 6.61 Å². The zero-order valence-electron chi connectivity index (χ0n) is 9.13. The van der Waals surface area contributed by atoms with Crippen LogP contribution < -0.4 is 0 Å². The second-order valence-electron chi connectivity index (χ2n) is 3.49. The van der Waals surface area contributed by atoms with Gasteiger partial charge in [0.15, 0.2) is 5.78 Å². The largest absolute Gasteiger partial charge is 0.462 e. The van der Waals surface area contributed by atoms with Crippen LogP contribution in [0.1, 0.15) is 33.6 Å². The van der Waals surface area contributed by atoms with Gasteiger partial charge in [-0.05, 0) is 6.42 Å². The van der Waals surface area contributed by atoms with Crippen molar-refractivity contribution in [3.05, 3.63) is 12.2 Å². The first-order valence-corrected chi connectivity index (χ1v) is 4.91. The van der Waals surface area contributed by atoms with Crippen LogP contribution in [-0.4, -0.2) is 18.4 Å². The molecule has 0 aliphatic rings. The Morgan fingerprint density at radius 2 is 1.93 bits per heavy atom. The molecule has 0 aliphatic carbocycles. The summed E-state index contributed by atoms with van der Waals surface area (Å²) in [6.07, 6.45) is 1.77. The fraction of sp³-hybridized carbons (Fsp3) is 0.636. The average molecular weight is 198 g/mol. The molecule has 0 saturated carbocycles. The van der Waals surface area contributed by atoms with E-state index in [1.54, 1.807) is 13.8 Å². The molecule has 0 aromatic carbocycles. The molecule has 0 aromatic heterocycles. The molecule has 14 heavy (non-hydrogen) atoms. The van der Waals surface area contributed by atoms with Crippen LogP contribution in [0.4, 0.5) is 0 Å². The van der Waals surface area contributed by atoms with Gasteiger partial charge in [0.2, 0.25) is 0 Å². The van der Waals surface area contributed by atoms with Crippen LogP contribution in [0, 0.1) is 5.92 Å². The zero-order valence-corrected chi connectivity index (χ0v) is 9.13. The number of ether oxygens (including phenoxy) is 1. The number of ketones is 1. The molecule has 0 rings (SSSR count). The normalized spacial score (nSPS) is 10.0. The van der Waals surface area contributed by atoms with Crippen LogP contribution in [0.15, 0.2) is 12.2 Å². The van der Waals surface area contributed by atoms with E-state index >= 15 is 0 Å². The lowest BCUT2D eigenvalue weighted by Crippen LogP contribution is -2.19. The molecular formula is C11H18O3. The second kappa shape index (κ2) is 6.35. The van der Waals surface area contributed by atoms with Crippen molar-refractivity contribution in [3.63, 3.8) is 0 Å². The highest BCUT2D eigenvalue weighted by Gasteiger charge is 2.19. The van der Waals surface area contributed by atoms with Crippen molar-refractivity contribution in [1.29, 1.82) is 0 Å². The maximum Gasteiger partial charge on any atom is 0.341 e. The van der Waals surface area contributed by atoms with Crippen LogP contribution in [0.3, 0.4) is 0 Å². The Balaban J connectivity index is 4.00. The van der Waals surface area contributed by atoms with Gasteiger partial charge in [-0.25, -0.2) is 4.79 Å². The number of hydrogen-bond acceptors (Lipinski definition) is 3. The van der Waals surface area contributed by atoms with Crippen molar-refractivity contribution in [1.82, 2.24) is 0 Å². The van der Waals surface area contributed by atoms with Gasteiger partial charge >= 0.3 is 5.97 Å². The monoisotopic (exact) mass is 198 g/mol. The summed E-state index contributed by atoms with van der Waals surface area (Å²) in [4.78, 5) is 22.5. The van der Waals surface area contributed by atoms with Crippen molar-refractivity contribution in [3.8, 4) is 0 Å². The van der Waals surface area contributed by atoms with E-state index in [0.717, 1.165) is 12.8 Å². The molecule has 0 aliphatic heterocycles. The van der Waals surface area contributed by atoms with Crippen LogP contribution in [0.25, 0.3) is 0 Å². The minimum atomic E-state index is -0.586. The molecular weight excluding hydrogens is 180 g/mol. The SMILES string of the molecule is C=C(C(=O)OCCCC)C(=O)C(C)C. The lowest BCUT2D eigenvalue weighted by molar-refractivity contribution is -0.140. The highest BCUT2D eigenvalue weighted by atomic mass is 16.5. The molecule has 3 heteroatoms. The van der Waals surface area contributed by atoms with Crippen molar-refractivity contribution < 1.29 is 14.3 Å². The molecule has 0 fully saturated rings. The van der Waals surface area contributed by atoms with Crippen molar-refractivity contribution in [2.45, 2.75) is 33.6 Å². The summed E-state index contributed by atoms with van der Waals surface area (Å²) in [5, 5.41) is 0. The molecule has 0 N–H and O–H groups in total. The van der Waals surface area contributed by atoms with E-state index in [9.17, 15) is 9.59 Å². The third kappa shape index (κ3) is 4.21. The summed E-state index contributed by atoms with van der Waals surface area (Å²) in [6, 6.07) is 0. The molecule has 0 unspecified atom stereocenters. The second-order valence-corrected chi connectivity index (χ2v) is 3.49. The number of carbonyl (C=O) groups excluding carboxylic acids is 2. The standard InChI is InChI=1S/C11H18O3/c1-5-6-7-14-11(13)9(4)10(12)8(2)3/h8H,4-7H2,1-3H3. The molecule has 3 nitrogen and oxygen atoms in total. The number of hydrogen-bond donors (Lipinski definition) is 0. The van der Waals surface area contributed by atoms with Gasteiger partial charge in [0, 0.05) is 5.92 Å². The number of unbranched alkanes of at least 4 members (excludes halogenated alkanes) is 1. The Hall–Kier alpha value is -1.12. The van der Waals surface area contributed by atoms with Crippen LogP contribution >= 0.6 is 0 Å². The maximum atomic E-state index is 11.3. The van der Waals surface area contributed by atoms with Gasteiger partial charge in [0.25, 0.3) is 0 Å². The Morgan fingerprint density at radius 3 is 2.36 bits per heavy atom. The van der Waals surface area contributed by atoms with Crippen molar-refractivity contribution in [2.24, 2.45) is 5.92 Å². The van der Waals surface area contributed by atoms with Gasteiger partial charge in [-0.1, -0.05) is 33.8 Å². The van der Waals surface area contributed by atoms with Gasteiger partial charge in [-0.3, -0.25) is 4.79 Å². The smallest absolute Gasteiger partial charge is 0.341 e. The highest BCUT2D eigenvalue weighted by Crippen LogP contribution is 2.06. The minimum absolute atomic E-state index is 0.0453. The minimum Gasteiger partial charge on any atom is -0.462 e. The molecule has 0 atom stereocenters. The summed E-state index contributed by atoms with van der Waals surface area (Å²) in [5.41, 5.74) is -0.0453. The first-order valence-electron chi connectivity index (χ1n) is 4.91.